The second-order valence-electron chi connectivity index (χ2n) is 4.94. The molecule has 0 bridgehead atoms. The predicted octanol–water partition coefficient (Wildman–Crippen LogP) is 4.97. The van der Waals surface area contributed by atoms with E-state index in [9.17, 15) is 0 Å². The van der Waals surface area contributed by atoms with Crippen LogP contribution in [0.3, 0.4) is 0 Å². The van der Waals surface area contributed by atoms with Crippen molar-refractivity contribution in [2.45, 2.75) is 26.8 Å². The number of hydrogen-bond donors (Lipinski definition) is 1. The van der Waals surface area contributed by atoms with E-state index >= 15 is 0 Å². The van der Waals surface area contributed by atoms with Gasteiger partial charge in [-0.3, -0.25) is 0 Å². The molecule has 2 rings (SSSR count). The van der Waals surface area contributed by atoms with Gasteiger partial charge >= 0.3 is 0 Å². The molecule has 0 saturated carbocycles. The first-order valence-electron chi connectivity index (χ1n) is 6.18. The van der Waals surface area contributed by atoms with Gasteiger partial charge < -0.3 is 5.73 Å². The average Bonchev–Trinajstić information content (AvgIpc) is 2.36. The van der Waals surface area contributed by atoms with Crippen LogP contribution in [0.4, 0.5) is 0 Å². The molecule has 0 radical (unpaired) electrons. The molecule has 2 aromatic carbocycles. The number of hydrogen-bond acceptors (Lipinski definition) is 1. The summed E-state index contributed by atoms with van der Waals surface area (Å²) in [7, 11) is 0. The highest BCUT2D eigenvalue weighted by atomic mass is 35.5. The van der Waals surface area contributed by atoms with Gasteiger partial charge in [-0.1, -0.05) is 41.4 Å². The van der Waals surface area contributed by atoms with Crippen LogP contribution in [0.25, 0.3) is 0 Å². The van der Waals surface area contributed by atoms with E-state index in [0.717, 1.165) is 37.9 Å². The van der Waals surface area contributed by atoms with Crippen molar-refractivity contribution in [3.05, 3.63) is 68.2 Å². The molecule has 2 aromatic rings. The minimum atomic E-state index is -0.160. The van der Waals surface area contributed by atoms with Crippen LogP contribution in [0.2, 0.25) is 10.0 Å². The maximum Gasteiger partial charge on any atom is 0.0554 e. The Balaban J connectivity index is 2.46. The van der Waals surface area contributed by atoms with Crippen molar-refractivity contribution in [2.24, 2.45) is 5.73 Å². The van der Waals surface area contributed by atoms with Crippen molar-refractivity contribution >= 4 is 23.2 Å². The molecular weight excluding hydrogens is 277 g/mol. The lowest BCUT2D eigenvalue weighted by atomic mass is 9.93. The maximum absolute atomic E-state index is 6.37. The summed E-state index contributed by atoms with van der Waals surface area (Å²) in [5, 5.41) is 1.54. The topological polar surface area (TPSA) is 26.0 Å². The molecule has 0 amide bonds. The highest BCUT2D eigenvalue weighted by Gasteiger charge is 2.14. The van der Waals surface area contributed by atoms with Gasteiger partial charge in [-0.05, 0) is 60.7 Å². The fourth-order valence-electron chi connectivity index (χ4n) is 2.18. The molecule has 0 spiro atoms. The van der Waals surface area contributed by atoms with Gasteiger partial charge in [0.15, 0.2) is 0 Å². The molecule has 100 valence electrons. The molecule has 0 aromatic heterocycles. The molecule has 3 heteroatoms. The van der Waals surface area contributed by atoms with Gasteiger partial charge in [-0.25, -0.2) is 0 Å². The lowest BCUT2D eigenvalue weighted by Crippen LogP contribution is -2.13. The van der Waals surface area contributed by atoms with Crippen molar-refractivity contribution in [1.82, 2.24) is 0 Å². The summed E-state index contributed by atoms with van der Waals surface area (Å²) < 4.78 is 0. The summed E-state index contributed by atoms with van der Waals surface area (Å²) in [4.78, 5) is 0. The summed E-state index contributed by atoms with van der Waals surface area (Å²) in [6.45, 7) is 6.01. The highest BCUT2D eigenvalue weighted by molar-refractivity contribution is 6.31. The molecule has 0 heterocycles. The van der Waals surface area contributed by atoms with Crippen molar-refractivity contribution < 1.29 is 0 Å². The summed E-state index contributed by atoms with van der Waals surface area (Å²) in [6, 6.07) is 9.78. The second kappa shape index (κ2) is 5.54. The van der Waals surface area contributed by atoms with Gasteiger partial charge in [0.05, 0.1) is 6.04 Å². The number of nitrogens with two attached hydrogens (primary N) is 1. The Bertz CT molecular complexity index is 620. The van der Waals surface area contributed by atoms with Crippen LogP contribution in [0.15, 0.2) is 30.3 Å². The van der Waals surface area contributed by atoms with E-state index in [4.69, 9.17) is 28.9 Å². The fourth-order valence-corrected chi connectivity index (χ4v) is 2.52. The van der Waals surface area contributed by atoms with Crippen molar-refractivity contribution in [3.63, 3.8) is 0 Å². The number of halogens is 2. The summed E-state index contributed by atoms with van der Waals surface area (Å²) in [6.07, 6.45) is 0. The molecule has 0 aliphatic heterocycles. The zero-order chi connectivity index (χ0) is 14.2. The van der Waals surface area contributed by atoms with E-state index in [0.29, 0.717) is 0 Å². The Kier molecular flexibility index (Phi) is 4.19. The minimum Gasteiger partial charge on any atom is -0.320 e. The monoisotopic (exact) mass is 293 g/mol. The molecule has 1 nitrogen and oxygen atoms in total. The van der Waals surface area contributed by atoms with E-state index in [2.05, 4.69) is 6.07 Å². The third kappa shape index (κ3) is 2.94. The smallest absolute Gasteiger partial charge is 0.0554 e. The van der Waals surface area contributed by atoms with Gasteiger partial charge in [0, 0.05) is 10.0 Å². The van der Waals surface area contributed by atoms with Gasteiger partial charge in [0.25, 0.3) is 0 Å². The summed E-state index contributed by atoms with van der Waals surface area (Å²) >= 11 is 12.2. The van der Waals surface area contributed by atoms with Crippen LogP contribution in [-0.4, -0.2) is 0 Å². The Morgan fingerprint density at radius 2 is 1.47 bits per heavy atom. The van der Waals surface area contributed by atoms with Crippen molar-refractivity contribution in [1.29, 1.82) is 0 Å². The molecule has 0 aliphatic rings. The molecule has 1 unspecified atom stereocenters. The number of benzene rings is 2. The normalized spacial score (nSPS) is 12.5. The molecule has 1 atom stereocenters. The van der Waals surface area contributed by atoms with Crippen molar-refractivity contribution in [3.8, 4) is 0 Å². The molecular formula is C16H17Cl2N. The Hall–Kier alpha value is -1.02. The standard InChI is InChI=1S/C16H17Cl2N/c1-9-8-15(18)11(3)7-13(9)16(19)12-4-5-14(17)10(2)6-12/h4-8,16H,19H2,1-3H3. The lowest BCUT2D eigenvalue weighted by molar-refractivity contribution is 0.858. The Morgan fingerprint density at radius 1 is 0.842 bits per heavy atom. The van der Waals surface area contributed by atoms with Crippen LogP contribution < -0.4 is 5.73 Å². The van der Waals surface area contributed by atoms with Crippen LogP contribution in [0.1, 0.15) is 33.9 Å². The van der Waals surface area contributed by atoms with Gasteiger partial charge in [0.2, 0.25) is 0 Å². The third-order valence-corrected chi connectivity index (χ3v) is 4.25. The lowest BCUT2D eigenvalue weighted by Gasteiger charge is -2.17. The number of rotatable bonds is 2. The van der Waals surface area contributed by atoms with E-state index in [1.165, 1.54) is 0 Å². The SMILES string of the molecule is Cc1cc(C(N)c2cc(C)c(Cl)cc2C)ccc1Cl. The van der Waals surface area contributed by atoms with E-state index < -0.39 is 0 Å². The predicted molar refractivity (Wildman–Crippen MR) is 83.1 cm³/mol. The maximum atomic E-state index is 6.37. The van der Waals surface area contributed by atoms with Crippen LogP contribution in [0, 0.1) is 20.8 Å². The molecule has 2 N–H and O–H groups in total. The Morgan fingerprint density at radius 3 is 2.11 bits per heavy atom. The van der Waals surface area contributed by atoms with Gasteiger partial charge in [-0.15, -0.1) is 0 Å². The van der Waals surface area contributed by atoms with Crippen LogP contribution in [-0.2, 0) is 0 Å². The number of aryl methyl sites for hydroxylation is 3. The first kappa shape index (κ1) is 14.4. The summed E-state index contributed by atoms with van der Waals surface area (Å²) in [5.74, 6) is 0. The quantitative estimate of drug-likeness (QED) is 0.831. The zero-order valence-corrected chi connectivity index (χ0v) is 12.8. The second-order valence-corrected chi connectivity index (χ2v) is 5.76. The molecule has 0 fully saturated rings. The van der Waals surface area contributed by atoms with E-state index in [1.54, 1.807) is 0 Å². The van der Waals surface area contributed by atoms with Crippen LogP contribution in [0.5, 0.6) is 0 Å². The third-order valence-electron chi connectivity index (χ3n) is 3.42. The van der Waals surface area contributed by atoms with Crippen LogP contribution >= 0.6 is 23.2 Å². The fraction of sp³-hybridized carbons (Fsp3) is 0.250. The van der Waals surface area contributed by atoms with Gasteiger partial charge in [-0.2, -0.15) is 0 Å². The molecule has 0 aliphatic carbocycles. The Labute approximate surface area is 124 Å². The first-order chi connectivity index (χ1) is 8.90. The highest BCUT2D eigenvalue weighted by Crippen LogP contribution is 2.29. The zero-order valence-electron chi connectivity index (χ0n) is 11.3. The average molecular weight is 294 g/mol. The van der Waals surface area contributed by atoms with Crippen molar-refractivity contribution in [2.75, 3.05) is 0 Å². The van der Waals surface area contributed by atoms with Gasteiger partial charge in [0.1, 0.15) is 0 Å². The van der Waals surface area contributed by atoms with E-state index in [-0.39, 0.29) is 6.04 Å². The first-order valence-corrected chi connectivity index (χ1v) is 6.94. The molecule has 0 saturated heterocycles. The molecule has 19 heavy (non-hydrogen) atoms. The minimum absolute atomic E-state index is 0.160. The van der Waals surface area contributed by atoms with E-state index in [1.807, 2.05) is 45.0 Å². The largest absolute Gasteiger partial charge is 0.320 e. The summed E-state index contributed by atoms with van der Waals surface area (Å²) in [5.41, 5.74) is 11.7.